The molecule has 134 valence electrons. The Morgan fingerprint density at radius 3 is 2.52 bits per heavy atom. The maximum absolute atomic E-state index is 6.20. The molecule has 2 heterocycles. The molecule has 0 aliphatic rings. The zero-order valence-electron chi connectivity index (χ0n) is 16.0. The molecule has 0 fully saturated rings. The molecule has 2 N–H and O–H groups in total. The van der Waals surface area contributed by atoms with E-state index in [-0.39, 0.29) is 0 Å². The van der Waals surface area contributed by atoms with Crippen molar-refractivity contribution < 1.29 is 0 Å². The third kappa shape index (κ3) is 3.78. The van der Waals surface area contributed by atoms with E-state index in [1.165, 1.54) is 25.7 Å². The fraction of sp³-hybridized carbons (Fsp3) is 0.524. The van der Waals surface area contributed by atoms with Gasteiger partial charge in [0.15, 0.2) is 5.82 Å². The number of hydrogen-bond donors (Lipinski definition) is 1. The van der Waals surface area contributed by atoms with Gasteiger partial charge in [-0.3, -0.25) is 0 Å². The minimum absolute atomic E-state index is 0.423. The molecule has 25 heavy (non-hydrogen) atoms. The highest BCUT2D eigenvalue weighted by Gasteiger charge is 2.16. The van der Waals surface area contributed by atoms with Crippen LogP contribution >= 0.6 is 0 Å². The predicted molar refractivity (Wildman–Crippen MR) is 107 cm³/mol. The van der Waals surface area contributed by atoms with Crippen molar-refractivity contribution in [2.24, 2.45) is 5.41 Å². The van der Waals surface area contributed by atoms with Gasteiger partial charge in [-0.2, -0.15) is 0 Å². The van der Waals surface area contributed by atoms with Crippen LogP contribution in [0, 0.1) is 5.41 Å². The SMILES string of the molecule is CCc1nc2c(N)nc3ccccc3c2n1CCCCCC(C)(C)C. The van der Waals surface area contributed by atoms with Crippen LogP contribution < -0.4 is 5.73 Å². The Labute approximate surface area is 150 Å². The van der Waals surface area contributed by atoms with Gasteiger partial charge in [0.05, 0.1) is 11.0 Å². The van der Waals surface area contributed by atoms with Crippen molar-refractivity contribution in [2.45, 2.75) is 66.3 Å². The molecule has 3 aromatic rings. The Morgan fingerprint density at radius 1 is 1.04 bits per heavy atom. The molecule has 0 unspecified atom stereocenters. The van der Waals surface area contributed by atoms with E-state index < -0.39 is 0 Å². The smallest absolute Gasteiger partial charge is 0.152 e. The topological polar surface area (TPSA) is 56.7 Å². The molecule has 0 radical (unpaired) electrons. The Kier molecular flexibility index (Phi) is 4.98. The van der Waals surface area contributed by atoms with Gasteiger partial charge in [-0.15, -0.1) is 0 Å². The molecular formula is C21H30N4. The average Bonchev–Trinajstić information content (AvgIpc) is 2.93. The molecule has 3 rings (SSSR count). The number of anilines is 1. The molecule has 4 nitrogen and oxygen atoms in total. The van der Waals surface area contributed by atoms with E-state index in [1.54, 1.807) is 0 Å². The van der Waals surface area contributed by atoms with Crippen LogP contribution in [0.1, 0.15) is 59.2 Å². The molecule has 1 aromatic carbocycles. The molecule has 0 saturated carbocycles. The predicted octanol–water partition coefficient (Wildman–Crippen LogP) is 5.34. The number of fused-ring (bicyclic) bond motifs is 3. The second kappa shape index (κ2) is 7.03. The normalized spacial score (nSPS) is 12.3. The van der Waals surface area contributed by atoms with E-state index in [4.69, 9.17) is 10.7 Å². The molecule has 2 aromatic heterocycles. The maximum atomic E-state index is 6.20. The molecule has 0 aliphatic carbocycles. The van der Waals surface area contributed by atoms with Crippen molar-refractivity contribution in [3.8, 4) is 0 Å². The van der Waals surface area contributed by atoms with E-state index >= 15 is 0 Å². The van der Waals surface area contributed by atoms with Crippen LogP contribution in [-0.4, -0.2) is 14.5 Å². The number of aryl methyl sites for hydroxylation is 2. The number of nitrogens with zero attached hydrogens (tertiary/aromatic N) is 3. The molecule has 0 atom stereocenters. The number of imidazole rings is 1. The summed E-state index contributed by atoms with van der Waals surface area (Å²) in [7, 11) is 0. The van der Waals surface area contributed by atoms with Crippen LogP contribution in [0.25, 0.3) is 21.9 Å². The first-order valence-electron chi connectivity index (χ1n) is 9.44. The summed E-state index contributed by atoms with van der Waals surface area (Å²) in [5, 5.41) is 1.15. The lowest BCUT2D eigenvalue weighted by atomic mass is 9.89. The largest absolute Gasteiger partial charge is 0.382 e. The number of unbranched alkanes of at least 4 members (excludes halogenated alkanes) is 2. The molecule has 0 spiro atoms. The Balaban J connectivity index is 1.91. The van der Waals surface area contributed by atoms with Gasteiger partial charge in [0.25, 0.3) is 0 Å². The van der Waals surface area contributed by atoms with Crippen molar-refractivity contribution in [3.63, 3.8) is 0 Å². The van der Waals surface area contributed by atoms with Crippen LogP contribution in [0.2, 0.25) is 0 Å². The van der Waals surface area contributed by atoms with Crippen molar-refractivity contribution in [3.05, 3.63) is 30.1 Å². The zero-order chi connectivity index (χ0) is 18.0. The quantitative estimate of drug-likeness (QED) is 0.618. The monoisotopic (exact) mass is 338 g/mol. The Morgan fingerprint density at radius 2 is 1.80 bits per heavy atom. The third-order valence-corrected chi connectivity index (χ3v) is 4.81. The molecule has 0 amide bonds. The Hall–Kier alpha value is -2.10. The van der Waals surface area contributed by atoms with Crippen molar-refractivity contribution in [2.75, 3.05) is 5.73 Å². The summed E-state index contributed by atoms with van der Waals surface area (Å²) >= 11 is 0. The second-order valence-electron chi connectivity index (χ2n) is 8.12. The van der Waals surface area contributed by atoms with E-state index in [1.807, 2.05) is 12.1 Å². The van der Waals surface area contributed by atoms with Crippen LogP contribution in [0.3, 0.4) is 0 Å². The number of nitrogen functional groups attached to an aromatic ring is 1. The average molecular weight is 338 g/mol. The van der Waals surface area contributed by atoms with E-state index in [0.29, 0.717) is 11.2 Å². The minimum atomic E-state index is 0.423. The first-order chi connectivity index (χ1) is 11.9. The van der Waals surface area contributed by atoms with Crippen molar-refractivity contribution >= 4 is 27.8 Å². The number of nitrogens with two attached hydrogens (primary N) is 1. The minimum Gasteiger partial charge on any atom is -0.382 e. The first kappa shape index (κ1) is 17.7. The van der Waals surface area contributed by atoms with Crippen LogP contribution in [0.5, 0.6) is 0 Å². The molecule has 4 heteroatoms. The summed E-state index contributed by atoms with van der Waals surface area (Å²) in [4.78, 5) is 9.33. The van der Waals surface area contributed by atoms with E-state index in [0.717, 1.165) is 40.7 Å². The number of para-hydroxylation sites is 1. The number of hydrogen-bond acceptors (Lipinski definition) is 3. The number of benzene rings is 1. The Bertz CT molecular complexity index is 871. The van der Waals surface area contributed by atoms with Gasteiger partial charge in [-0.1, -0.05) is 58.7 Å². The van der Waals surface area contributed by atoms with Gasteiger partial charge in [0.2, 0.25) is 0 Å². The molecule has 0 bridgehead atoms. The van der Waals surface area contributed by atoms with Gasteiger partial charge in [0.1, 0.15) is 11.3 Å². The van der Waals surface area contributed by atoms with Crippen molar-refractivity contribution in [1.29, 1.82) is 0 Å². The summed E-state index contributed by atoms with van der Waals surface area (Å²) < 4.78 is 2.37. The summed E-state index contributed by atoms with van der Waals surface area (Å²) in [6, 6.07) is 8.22. The lowest BCUT2D eigenvalue weighted by Gasteiger charge is -2.17. The molecule has 0 saturated heterocycles. The summed E-state index contributed by atoms with van der Waals surface area (Å²) in [6.07, 6.45) is 5.88. The lowest BCUT2D eigenvalue weighted by Crippen LogP contribution is -2.06. The highest BCUT2D eigenvalue weighted by molar-refractivity contribution is 6.06. The number of aromatic nitrogens is 3. The summed E-state index contributed by atoms with van der Waals surface area (Å²) in [6.45, 7) is 10.1. The van der Waals surface area contributed by atoms with E-state index in [2.05, 4.69) is 49.4 Å². The highest BCUT2D eigenvalue weighted by Crippen LogP contribution is 2.29. The van der Waals surface area contributed by atoms with Gasteiger partial charge < -0.3 is 10.3 Å². The van der Waals surface area contributed by atoms with Gasteiger partial charge in [-0.25, -0.2) is 9.97 Å². The summed E-state index contributed by atoms with van der Waals surface area (Å²) in [5.74, 6) is 1.64. The highest BCUT2D eigenvalue weighted by atomic mass is 15.1. The zero-order valence-corrected chi connectivity index (χ0v) is 16.0. The van der Waals surface area contributed by atoms with Crippen molar-refractivity contribution in [1.82, 2.24) is 14.5 Å². The van der Waals surface area contributed by atoms with Gasteiger partial charge in [-0.05, 0) is 24.3 Å². The third-order valence-electron chi connectivity index (χ3n) is 4.81. The fourth-order valence-corrected chi connectivity index (χ4v) is 3.52. The first-order valence-corrected chi connectivity index (χ1v) is 9.44. The molecular weight excluding hydrogens is 308 g/mol. The fourth-order valence-electron chi connectivity index (χ4n) is 3.52. The van der Waals surface area contributed by atoms with Crippen LogP contribution in [0.4, 0.5) is 5.82 Å². The van der Waals surface area contributed by atoms with Gasteiger partial charge >= 0.3 is 0 Å². The number of rotatable bonds is 6. The molecule has 0 aliphatic heterocycles. The number of pyridine rings is 1. The van der Waals surface area contributed by atoms with Gasteiger partial charge in [0, 0.05) is 18.4 Å². The standard InChI is InChI=1S/C21H30N4/c1-5-17-24-18-19(15-11-7-8-12-16(15)23-20(18)22)25(17)14-10-6-9-13-21(2,3)4/h7-8,11-12H,5-6,9-10,13-14H2,1-4H3,(H2,22,23). The second-order valence-corrected chi connectivity index (χ2v) is 8.12. The van der Waals surface area contributed by atoms with Crippen LogP contribution in [-0.2, 0) is 13.0 Å². The maximum Gasteiger partial charge on any atom is 0.152 e. The lowest BCUT2D eigenvalue weighted by molar-refractivity contribution is 0.355. The van der Waals surface area contributed by atoms with Crippen LogP contribution in [0.15, 0.2) is 24.3 Å². The summed E-state index contributed by atoms with van der Waals surface area (Å²) in [5.41, 5.74) is 9.57. The van der Waals surface area contributed by atoms with E-state index in [9.17, 15) is 0 Å².